The Hall–Kier alpha value is -1.39. The van der Waals surface area contributed by atoms with E-state index in [9.17, 15) is 0 Å². The molecule has 0 bridgehead atoms. The van der Waals surface area contributed by atoms with Crippen molar-refractivity contribution in [2.24, 2.45) is 0 Å². The zero-order valence-corrected chi connectivity index (χ0v) is 12.1. The second-order valence-corrected chi connectivity index (χ2v) is 5.99. The second kappa shape index (κ2) is 5.31. The van der Waals surface area contributed by atoms with E-state index in [1.54, 1.807) is 11.3 Å². The number of nitrogens with one attached hydrogen (secondary N) is 1. The Morgan fingerprint density at radius 1 is 1.47 bits per heavy atom. The number of aromatic nitrogens is 1. The van der Waals surface area contributed by atoms with Gasteiger partial charge in [-0.2, -0.15) is 0 Å². The van der Waals surface area contributed by atoms with Gasteiger partial charge in [0.1, 0.15) is 5.75 Å². The summed E-state index contributed by atoms with van der Waals surface area (Å²) in [5.74, 6) is 1.05. The summed E-state index contributed by atoms with van der Waals surface area (Å²) in [5, 5.41) is 6.76. The zero-order valence-electron chi connectivity index (χ0n) is 11.3. The molecule has 0 aliphatic carbocycles. The molecule has 1 atom stereocenters. The molecule has 100 valence electrons. The molecule has 0 radical (unpaired) electrons. The number of benzene rings is 1. The lowest BCUT2D eigenvalue weighted by atomic mass is 10.0. The number of ether oxygens (including phenoxy) is 1. The summed E-state index contributed by atoms with van der Waals surface area (Å²) in [6, 6.07) is 6.82. The SMILES string of the molecule is Cc1nc(CNC(C)c2ccc3c(c2)CCO3)cs1. The van der Waals surface area contributed by atoms with Gasteiger partial charge in [0, 0.05) is 24.4 Å². The Balaban J connectivity index is 1.65. The molecule has 0 spiro atoms. The van der Waals surface area contributed by atoms with Crippen LogP contribution in [-0.4, -0.2) is 11.6 Å². The van der Waals surface area contributed by atoms with Crippen LogP contribution >= 0.6 is 11.3 Å². The topological polar surface area (TPSA) is 34.2 Å². The van der Waals surface area contributed by atoms with Gasteiger partial charge in [-0.3, -0.25) is 0 Å². The fourth-order valence-corrected chi connectivity index (χ4v) is 2.95. The van der Waals surface area contributed by atoms with Crippen LogP contribution in [0.1, 0.15) is 34.8 Å². The van der Waals surface area contributed by atoms with E-state index in [1.165, 1.54) is 11.1 Å². The molecule has 19 heavy (non-hydrogen) atoms. The van der Waals surface area contributed by atoms with Gasteiger partial charge in [0.15, 0.2) is 0 Å². The van der Waals surface area contributed by atoms with Crippen LogP contribution in [0.5, 0.6) is 5.75 Å². The van der Waals surface area contributed by atoms with E-state index in [0.717, 1.165) is 36.0 Å². The monoisotopic (exact) mass is 274 g/mol. The van der Waals surface area contributed by atoms with Crippen LogP contribution in [0.15, 0.2) is 23.6 Å². The van der Waals surface area contributed by atoms with Crippen molar-refractivity contribution < 1.29 is 4.74 Å². The van der Waals surface area contributed by atoms with Gasteiger partial charge in [-0.05, 0) is 31.0 Å². The van der Waals surface area contributed by atoms with E-state index < -0.39 is 0 Å². The van der Waals surface area contributed by atoms with Gasteiger partial charge in [-0.15, -0.1) is 11.3 Å². The van der Waals surface area contributed by atoms with Gasteiger partial charge < -0.3 is 10.1 Å². The van der Waals surface area contributed by atoms with Crippen molar-refractivity contribution in [2.45, 2.75) is 32.9 Å². The molecule has 1 aromatic carbocycles. The maximum atomic E-state index is 5.54. The molecule has 0 amide bonds. The predicted molar refractivity (Wildman–Crippen MR) is 77.7 cm³/mol. The van der Waals surface area contributed by atoms with Crippen molar-refractivity contribution >= 4 is 11.3 Å². The molecule has 1 aromatic heterocycles. The first-order valence-corrected chi connectivity index (χ1v) is 7.50. The lowest BCUT2D eigenvalue weighted by Crippen LogP contribution is -2.18. The maximum absolute atomic E-state index is 5.54. The zero-order chi connectivity index (χ0) is 13.2. The molecule has 0 saturated carbocycles. The van der Waals surface area contributed by atoms with E-state index in [-0.39, 0.29) is 0 Å². The second-order valence-electron chi connectivity index (χ2n) is 4.93. The molecule has 4 heteroatoms. The van der Waals surface area contributed by atoms with E-state index in [0.29, 0.717) is 6.04 Å². The number of rotatable bonds is 4. The molecule has 0 saturated heterocycles. The van der Waals surface area contributed by atoms with Crippen LogP contribution in [0.2, 0.25) is 0 Å². The normalized spacial score (nSPS) is 15.1. The van der Waals surface area contributed by atoms with Crippen molar-refractivity contribution in [3.63, 3.8) is 0 Å². The van der Waals surface area contributed by atoms with Gasteiger partial charge in [-0.1, -0.05) is 12.1 Å². The first-order chi connectivity index (χ1) is 9.22. The van der Waals surface area contributed by atoms with Crippen molar-refractivity contribution in [1.82, 2.24) is 10.3 Å². The first kappa shape index (κ1) is 12.6. The highest BCUT2D eigenvalue weighted by atomic mass is 32.1. The predicted octanol–water partition coefficient (Wildman–Crippen LogP) is 3.24. The lowest BCUT2D eigenvalue weighted by Gasteiger charge is -2.14. The van der Waals surface area contributed by atoms with E-state index in [2.05, 4.69) is 40.8 Å². The number of nitrogens with zero attached hydrogens (tertiary/aromatic N) is 1. The Morgan fingerprint density at radius 2 is 2.37 bits per heavy atom. The smallest absolute Gasteiger partial charge is 0.122 e. The van der Waals surface area contributed by atoms with Crippen molar-refractivity contribution in [1.29, 1.82) is 0 Å². The summed E-state index contributed by atoms with van der Waals surface area (Å²) in [7, 11) is 0. The Bertz CT molecular complexity index is 579. The van der Waals surface area contributed by atoms with Crippen molar-refractivity contribution in [2.75, 3.05) is 6.61 Å². The first-order valence-electron chi connectivity index (χ1n) is 6.62. The standard InChI is InChI=1S/C15H18N2OS/c1-10(16-8-14-9-19-11(2)17-14)12-3-4-15-13(7-12)5-6-18-15/h3-4,7,9-10,16H,5-6,8H2,1-2H3. The minimum absolute atomic E-state index is 0.327. The van der Waals surface area contributed by atoms with Crippen LogP contribution in [-0.2, 0) is 13.0 Å². The minimum atomic E-state index is 0.327. The molecular formula is C15H18N2OS. The van der Waals surface area contributed by atoms with Crippen molar-refractivity contribution in [3.05, 3.63) is 45.4 Å². The summed E-state index contributed by atoms with van der Waals surface area (Å²) in [4.78, 5) is 4.47. The summed E-state index contributed by atoms with van der Waals surface area (Å²) in [5.41, 5.74) is 3.77. The highest BCUT2D eigenvalue weighted by Crippen LogP contribution is 2.28. The number of hydrogen-bond donors (Lipinski definition) is 1. The van der Waals surface area contributed by atoms with E-state index >= 15 is 0 Å². The van der Waals surface area contributed by atoms with Crippen molar-refractivity contribution in [3.8, 4) is 5.75 Å². The average molecular weight is 274 g/mol. The van der Waals surface area contributed by atoms with Crippen LogP contribution in [0.4, 0.5) is 0 Å². The van der Waals surface area contributed by atoms with Gasteiger partial charge >= 0.3 is 0 Å². The average Bonchev–Trinajstić information content (AvgIpc) is 3.03. The number of fused-ring (bicyclic) bond motifs is 1. The summed E-state index contributed by atoms with van der Waals surface area (Å²) < 4.78 is 5.54. The number of thiazole rings is 1. The highest BCUT2D eigenvalue weighted by Gasteiger charge is 2.14. The highest BCUT2D eigenvalue weighted by molar-refractivity contribution is 7.09. The van der Waals surface area contributed by atoms with Gasteiger partial charge in [0.05, 0.1) is 17.3 Å². The Labute approximate surface area is 117 Å². The van der Waals surface area contributed by atoms with Gasteiger partial charge in [0.2, 0.25) is 0 Å². The lowest BCUT2D eigenvalue weighted by molar-refractivity contribution is 0.356. The van der Waals surface area contributed by atoms with Gasteiger partial charge in [0.25, 0.3) is 0 Å². The van der Waals surface area contributed by atoms with Gasteiger partial charge in [-0.25, -0.2) is 4.98 Å². The molecule has 3 nitrogen and oxygen atoms in total. The third-order valence-corrected chi connectivity index (χ3v) is 4.29. The van der Waals surface area contributed by atoms with Crippen LogP contribution in [0.3, 0.4) is 0 Å². The Kier molecular flexibility index (Phi) is 3.53. The molecular weight excluding hydrogens is 256 g/mol. The van der Waals surface area contributed by atoms with E-state index in [1.807, 2.05) is 6.92 Å². The Morgan fingerprint density at radius 3 is 3.16 bits per heavy atom. The molecule has 1 N–H and O–H groups in total. The number of hydrogen-bond acceptors (Lipinski definition) is 4. The third kappa shape index (κ3) is 2.80. The molecule has 3 rings (SSSR count). The summed E-state index contributed by atoms with van der Waals surface area (Å²) in [6.45, 7) is 5.87. The fraction of sp³-hybridized carbons (Fsp3) is 0.400. The molecule has 1 aliphatic heterocycles. The summed E-state index contributed by atoms with van der Waals surface area (Å²) in [6.07, 6.45) is 1.03. The largest absolute Gasteiger partial charge is 0.493 e. The molecule has 2 heterocycles. The molecule has 0 fully saturated rings. The quantitative estimate of drug-likeness (QED) is 0.929. The summed E-state index contributed by atoms with van der Waals surface area (Å²) >= 11 is 1.70. The molecule has 2 aromatic rings. The van der Waals surface area contributed by atoms with Crippen LogP contribution in [0.25, 0.3) is 0 Å². The van der Waals surface area contributed by atoms with E-state index in [4.69, 9.17) is 4.74 Å². The molecule has 1 unspecified atom stereocenters. The van der Waals surface area contributed by atoms with Crippen LogP contribution < -0.4 is 10.1 Å². The van der Waals surface area contributed by atoms with Crippen LogP contribution in [0, 0.1) is 6.92 Å². The fourth-order valence-electron chi connectivity index (χ4n) is 2.34. The third-order valence-electron chi connectivity index (χ3n) is 3.47. The number of aryl methyl sites for hydroxylation is 1. The molecule has 1 aliphatic rings. The maximum Gasteiger partial charge on any atom is 0.122 e. The minimum Gasteiger partial charge on any atom is -0.493 e.